The summed E-state index contributed by atoms with van der Waals surface area (Å²) in [5.74, 6) is -0.323. The number of carbonyl (C=O) groups is 2. The highest BCUT2D eigenvalue weighted by Gasteiger charge is 2.49. The van der Waals surface area contributed by atoms with Crippen molar-refractivity contribution in [2.24, 2.45) is 5.41 Å². The van der Waals surface area contributed by atoms with E-state index in [0.717, 1.165) is 6.42 Å². The minimum absolute atomic E-state index is 0.00694. The van der Waals surface area contributed by atoms with Crippen LogP contribution in [0.5, 0.6) is 0 Å². The van der Waals surface area contributed by atoms with Gasteiger partial charge in [-0.05, 0) is 20.3 Å². The van der Waals surface area contributed by atoms with Gasteiger partial charge in [-0.2, -0.15) is 0 Å². The number of nitrogens with one attached hydrogen (secondary N) is 1. The Balaban J connectivity index is 2.22. The zero-order valence-corrected chi connectivity index (χ0v) is 8.50. The molecule has 14 heavy (non-hydrogen) atoms. The molecule has 2 aliphatic heterocycles. The van der Waals surface area contributed by atoms with Crippen LogP contribution in [0.25, 0.3) is 0 Å². The van der Waals surface area contributed by atoms with Gasteiger partial charge in [0.2, 0.25) is 11.8 Å². The summed E-state index contributed by atoms with van der Waals surface area (Å²) in [6.07, 6.45) is 1.82. The SMILES string of the molecule is CC1CC2(CC(=O)NC(=O)C2)C(C)O1. The molecule has 0 aromatic carbocycles. The van der Waals surface area contributed by atoms with Crippen molar-refractivity contribution in [1.29, 1.82) is 0 Å². The van der Waals surface area contributed by atoms with E-state index in [1.54, 1.807) is 0 Å². The molecular formula is C10H15NO3. The lowest BCUT2D eigenvalue weighted by atomic mass is 9.72. The average Bonchev–Trinajstić information content (AvgIpc) is 2.23. The van der Waals surface area contributed by atoms with Crippen molar-refractivity contribution in [1.82, 2.24) is 5.32 Å². The number of piperidine rings is 1. The van der Waals surface area contributed by atoms with Gasteiger partial charge in [0.25, 0.3) is 0 Å². The van der Waals surface area contributed by atoms with Crippen LogP contribution >= 0.6 is 0 Å². The molecule has 2 rings (SSSR count). The Morgan fingerprint density at radius 1 is 1.29 bits per heavy atom. The highest BCUT2D eigenvalue weighted by Crippen LogP contribution is 2.45. The first-order valence-electron chi connectivity index (χ1n) is 5.00. The third kappa shape index (κ3) is 1.43. The Labute approximate surface area is 83.0 Å². The number of ether oxygens (including phenoxy) is 1. The topological polar surface area (TPSA) is 55.4 Å². The first-order chi connectivity index (χ1) is 6.52. The first kappa shape index (κ1) is 9.65. The molecule has 1 N–H and O–H groups in total. The van der Waals surface area contributed by atoms with E-state index in [9.17, 15) is 9.59 Å². The molecule has 1 spiro atoms. The van der Waals surface area contributed by atoms with Crippen LogP contribution in [-0.4, -0.2) is 24.0 Å². The molecule has 0 aromatic rings. The average molecular weight is 197 g/mol. The number of amides is 2. The first-order valence-corrected chi connectivity index (χ1v) is 5.00. The summed E-state index contributed by atoms with van der Waals surface area (Å²) in [7, 11) is 0. The maximum atomic E-state index is 11.3. The molecule has 0 aliphatic carbocycles. The van der Waals surface area contributed by atoms with Gasteiger partial charge in [0.1, 0.15) is 0 Å². The van der Waals surface area contributed by atoms with Crippen LogP contribution in [0, 0.1) is 5.41 Å². The maximum Gasteiger partial charge on any atom is 0.227 e. The predicted octanol–water partition coefficient (Wildman–Crippen LogP) is 0.607. The van der Waals surface area contributed by atoms with Crippen LogP contribution in [0.4, 0.5) is 0 Å². The fourth-order valence-corrected chi connectivity index (χ4v) is 2.66. The van der Waals surface area contributed by atoms with Crippen molar-refractivity contribution >= 4 is 11.8 Å². The number of rotatable bonds is 0. The monoisotopic (exact) mass is 197 g/mol. The van der Waals surface area contributed by atoms with Gasteiger partial charge in [0, 0.05) is 18.3 Å². The van der Waals surface area contributed by atoms with Gasteiger partial charge >= 0.3 is 0 Å². The van der Waals surface area contributed by atoms with Crippen LogP contribution < -0.4 is 5.32 Å². The van der Waals surface area contributed by atoms with E-state index in [2.05, 4.69) is 5.32 Å². The Kier molecular flexibility index (Phi) is 2.10. The summed E-state index contributed by atoms with van der Waals surface area (Å²) in [5.41, 5.74) is -0.237. The molecule has 0 bridgehead atoms. The third-order valence-corrected chi connectivity index (χ3v) is 3.30. The molecular weight excluding hydrogens is 182 g/mol. The summed E-state index contributed by atoms with van der Waals surface area (Å²) in [4.78, 5) is 22.6. The fraction of sp³-hybridized carbons (Fsp3) is 0.800. The largest absolute Gasteiger partial charge is 0.375 e. The summed E-state index contributed by atoms with van der Waals surface area (Å²) in [5, 5.41) is 2.33. The van der Waals surface area contributed by atoms with Crippen molar-refractivity contribution in [3.63, 3.8) is 0 Å². The summed E-state index contributed by atoms with van der Waals surface area (Å²) >= 11 is 0. The Hall–Kier alpha value is -0.900. The van der Waals surface area contributed by atoms with Crippen molar-refractivity contribution in [2.75, 3.05) is 0 Å². The van der Waals surface area contributed by atoms with Crippen LogP contribution in [0.3, 0.4) is 0 Å². The van der Waals surface area contributed by atoms with E-state index in [0.29, 0.717) is 12.8 Å². The highest BCUT2D eigenvalue weighted by molar-refractivity contribution is 5.98. The standard InChI is InChI=1S/C10H15NO3/c1-6-3-10(7(2)14-6)4-8(12)11-9(13)5-10/h6-7H,3-5H2,1-2H3,(H,11,12,13). The zero-order chi connectivity index (χ0) is 10.3. The van der Waals surface area contributed by atoms with Gasteiger partial charge < -0.3 is 4.74 Å². The number of imide groups is 1. The third-order valence-electron chi connectivity index (χ3n) is 3.30. The molecule has 0 saturated carbocycles. The molecule has 2 unspecified atom stereocenters. The normalized spacial score (nSPS) is 36.1. The van der Waals surface area contributed by atoms with Crippen LogP contribution in [0.2, 0.25) is 0 Å². The predicted molar refractivity (Wildman–Crippen MR) is 49.4 cm³/mol. The lowest BCUT2D eigenvalue weighted by molar-refractivity contribution is -0.139. The molecule has 2 aliphatic rings. The maximum absolute atomic E-state index is 11.3. The van der Waals surface area contributed by atoms with Crippen molar-refractivity contribution in [3.8, 4) is 0 Å². The van der Waals surface area contributed by atoms with Gasteiger partial charge in [-0.15, -0.1) is 0 Å². The second-order valence-corrected chi connectivity index (χ2v) is 4.48. The molecule has 0 aromatic heterocycles. The van der Waals surface area contributed by atoms with Gasteiger partial charge in [-0.1, -0.05) is 0 Å². The second kappa shape index (κ2) is 3.05. The summed E-state index contributed by atoms with van der Waals surface area (Å²) in [6.45, 7) is 3.94. The van der Waals surface area contributed by atoms with Crippen molar-refractivity contribution in [2.45, 2.75) is 45.3 Å². The van der Waals surface area contributed by atoms with Crippen LogP contribution in [0.15, 0.2) is 0 Å². The molecule has 78 valence electrons. The van der Waals surface area contributed by atoms with E-state index >= 15 is 0 Å². The molecule has 2 amide bonds. The molecule has 0 radical (unpaired) electrons. The fourth-order valence-electron chi connectivity index (χ4n) is 2.66. The van der Waals surface area contributed by atoms with Gasteiger partial charge in [0.15, 0.2) is 0 Å². The van der Waals surface area contributed by atoms with E-state index < -0.39 is 0 Å². The molecule has 2 atom stereocenters. The van der Waals surface area contributed by atoms with Crippen molar-refractivity contribution < 1.29 is 14.3 Å². The Bertz CT molecular complexity index is 271. The Morgan fingerprint density at radius 3 is 2.29 bits per heavy atom. The second-order valence-electron chi connectivity index (χ2n) is 4.48. The smallest absolute Gasteiger partial charge is 0.227 e. The lowest BCUT2D eigenvalue weighted by Gasteiger charge is -2.34. The number of hydrogen-bond donors (Lipinski definition) is 1. The highest BCUT2D eigenvalue weighted by atomic mass is 16.5. The number of hydrogen-bond acceptors (Lipinski definition) is 3. The van der Waals surface area contributed by atoms with Crippen LogP contribution in [0.1, 0.15) is 33.1 Å². The molecule has 2 saturated heterocycles. The number of carbonyl (C=O) groups excluding carboxylic acids is 2. The van der Waals surface area contributed by atoms with E-state index in [1.807, 2.05) is 13.8 Å². The molecule has 2 heterocycles. The van der Waals surface area contributed by atoms with E-state index in [4.69, 9.17) is 4.74 Å². The minimum Gasteiger partial charge on any atom is -0.375 e. The van der Waals surface area contributed by atoms with Crippen LogP contribution in [-0.2, 0) is 14.3 Å². The molecule has 4 nitrogen and oxygen atoms in total. The summed E-state index contributed by atoms with van der Waals surface area (Å²) < 4.78 is 5.62. The zero-order valence-electron chi connectivity index (χ0n) is 8.50. The Morgan fingerprint density at radius 2 is 1.86 bits per heavy atom. The van der Waals surface area contributed by atoms with Gasteiger partial charge in [-0.3, -0.25) is 14.9 Å². The lowest BCUT2D eigenvalue weighted by Crippen LogP contribution is -2.47. The molecule has 4 heteroatoms. The molecule has 2 fully saturated rings. The van der Waals surface area contributed by atoms with Crippen molar-refractivity contribution in [3.05, 3.63) is 0 Å². The van der Waals surface area contributed by atoms with Gasteiger partial charge in [-0.25, -0.2) is 0 Å². The van der Waals surface area contributed by atoms with E-state index in [-0.39, 0.29) is 29.4 Å². The van der Waals surface area contributed by atoms with E-state index in [1.165, 1.54) is 0 Å². The quantitative estimate of drug-likeness (QED) is 0.579. The minimum atomic E-state index is -0.237. The van der Waals surface area contributed by atoms with Gasteiger partial charge in [0.05, 0.1) is 12.2 Å². The summed E-state index contributed by atoms with van der Waals surface area (Å²) in [6, 6.07) is 0.